The van der Waals surface area contributed by atoms with E-state index in [9.17, 15) is 9.59 Å². The molecule has 7 heteroatoms. The molecule has 3 heterocycles. The number of amides is 1. The monoisotopic (exact) mass is 405 g/mol. The van der Waals surface area contributed by atoms with Crippen LogP contribution in [0.1, 0.15) is 30.3 Å². The Balaban J connectivity index is 1.42. The van der Waals surface area contributed by atoms with Gasteiger partial charge in [-0.25, -0.2) is 4.98 Å². The minimum Gasteiger partial charge on any atom is -0.486 e. The van der Waals surface area contributed by atoms with E-state index in [1.165, 1.54) is 4.57 Å². The van der Waals surface area contributed by atoms with Gasteiger partial charge in [0.1, 0.15) is 25.6 Å². The Morgan fingerprint density at radius 1 is 1.13 bits per heavy atom. The summed E-state index contributed by atoms with van der Waals surface area (Å²) in [6, 6.07) is 13.1. The molecule has 1 fully saturated rings. The highest BCUT2D eigenvalue weighted by Gasteiger charge is 2.31. The van der Waals surface area contributed by atoms with E-state index in [0.29, 0.717) is 36.5 Å². The predicted octanol–water partition coefficient (Wildman–Crippen LogP) is 2.84. The minimum absolute atomic E-state index is 0.0104. The molecule has 2 aromatic carbocycles. The predicted molar refractivity (Wildman–Crippen MR) is 112 cm³/mol. The number of aryl methyl sites for hydroxylation is 1. The largest absolute Gasteiger partial charge is 0.486 e. The first-order chi connectivity index (χ1) is 14.6. The lowest BCUT2D eigenvalue weighted by molar-refractivity contribution is -0.132. The summed E-state index contributed by atoms with van der Waals surface area (Å²) in [5, 5.41) is 0.528. The van der Waals surface area contributed by atoms with Crippen molar-refractivity contribution in [2.75, 3.05) is 19.8 Å². The number of fused-ring (bicyclic) bond motifs is 2. The fraction of sp³-hybridized carbons (Fsp3) is 0.348. The molecule has 1 aromatic heterocycles. The van der Waals surface area contributed by atoms with Gasteiger partial charge in [0.15, 0.2) is 11.5 Å². The summed E-state index contributed by atoms with van der Waals surface area (Å²) in [6.07, 6.45) is 1.81. The molecule has 1 atom stereocenters. The molecule has 154 valence electrons. The molecule has 1 amide bonds. The number of hydrogen-bond donors (Lipinski definition) is 0. The zero-order valence-corrected chi connectivity index (χ0v) is 16.8. The van der Waals surface area contributed by atoms with Crippen LogP contribution in [0.15, 0.2) is 47.3 Å². The molecule has 1 saturated heterocycles. The normalized spacial score (nSPS) is 18.0. The van der Waals surface area contributed by atoms with Gasteiger partial charge in [-0.15, -0.1) is 0 Å². The van der Waals surface area contributed by atoms with E-state index in [-0.39, 0.29) is 24.1 Å². The van der Waals surface area contributed by atoms with Gasteiger partial charge in [0.25, 0.3) is 5.56 Å². The third-order valence-corrected chi connectivity index (χ3v) is 5.87. The maximum Gasteiger partial charge on any atom is 0.261 e. The number of rotatable bonds is 3. The van der Waals surface area contributed by atoms with Crippen LogP contribution in [-0.2, 0) is 11.3 Å². The second-order valence-corrected chi connectivity index (χ2v) is 7.72. The Morgan fingerprint density at radius 2 is 1.93 bits per heavy atom. The average Bonchev–Trinajstić information content (AvgIpc) is 3.26. The van der Waals surface area contributed by atoms with E-state index >= 15 is 0 Å². The minimum atomic E-state index is -0.179. The number of nitrogens with zero attached hydrogens (tertiary/aromatic N) is 3. The van der Waals surface area contributed by atoms with Crippen molar-refractivity contribution in [2.45, 2.75) is 32.4 Å². The summed E-state index contributed by atoms with van der Waals surface area (Å²) in [5.41, 5.74) is 1.51. The van der Waals surface area contributed by atoms with Crippen LogP contribution < -0.4 is 15.0 Å². The van der Waals surface area contributed by atoms with E-state index in [0.717, 1.165) is 29.9 Å². The van der Waals surface area contributed by atoms with Crippen LogP contribution in [0.4, 0.5) is 0 Å². The zero-order chi connectivity index (χ0) is 20.7. The first-order valence-corrected chi connectivity index (χ1v) is 10.3. The second-order valence-electron chi connectivity index (χ2n) is 7.72. The maximum absolute atomic E-state index is 13.2. The molecular weight excluding hydrogens is 382 g/mol. The van der Waals surface area contributed by atoms with Crippen LogP contribution in [0.25, 0.3) is 10.9 Å². The second kappa shape index (κ2) is 7.48. The molecule has 0 aliphatic carbocycles. The van der Waals surface area contributed by atoms with Crippen molar-refractivity contribution < 1.29 is 14.3 Å². The summed E-state index contributed by atoms with van der Waals surface area (Å²) >= 11 is 0. The van der Waals surface area contributed by atoms with Gasteiger partial charge in [0.2, 0.25) is 5.91 Å². The molecule has 0 saturated carbocycles. The number of benzene rings is 2. The molecule has 5 rings (SSSR count). The van der Waals surface area contributed by atoms with Crippen molar-refractivity contribution in [1.82, 2.24) is 14.5 Å². The molecule has 0 spiro atoms. The Kier molecular flexibility index (Phi) is 4.65. The van der Waals surface area contributed by atoms with Gasteiger partial charge in [0.05, 0.1) is 16.9 Å². The Morgan fingerprint density at radius 3 is 2.80 bits per heavy atom. The smallest absolute Gasteiger partial charge is 0.261 e. The molecule has 0 bridgehead atoms. The molecule has 2 aliphatic heterocycles. The first kappa shape index (κ1) is 18.7. The van der Waals surface area contributed by atoms with Crippen LogP contribution in [0.5, 0.6) is 11.5 Å². The molecule has 30 heavy (non-hydrogen) atoms. The summed E-state index contributed by atoms with van der Waals surface area (Å²) in [5.74, 6) is 1.94. The van der Waals surface area contributed by atoms with Gasteiger partial charge in [-0.05, 0) is 49.6 Å². The lowest BCUT2D eigenvalue weighted by Gasteiger charge is -2.27. The molecule has 1 unspecified atom stereocenters. The SMILES string of the molecule is Cc1nc2ccccc2c(=O)n1CC(=O)N1CCCC1c1ccc2c(c1)OCCO2. The van der Waals surface area contributed by atoms with E-state index in [4.69, 9.17) is 9.47 Å². The lowest BCUT2D eigenvalue weighted by Crippen LogP contribution is -2.37. The van der Waals surface area contributed by atoms with Crippen LogP contribution in [-0.4, -0.2) is 40.1 Å². The molecule has 7 nitrogen and oxygen atoms in total. The van der Waals surface area contributed by atoms with Crippen molar-refractivity contribution in [3.63, 3.8) is 0 Å². The van der Waals surface area contributed by atoms with Crippen LogP contribution in [0.2, 0.25) is 0 Å². The molecule has 3 aromatic rings. The Bertz CT molecular complexity index is 1190. The third-order valence-electron chi connectivity index (χ3n) is 5.87. The van der Waals surface area contributed by atoms with Crippen molar-refractivity contribution in [3.8, 4) is 11.5 Å². The topological polar surface area (TPSA) is 73.7 Å². The van der Waals surface area contributed by atoms with Gasteiger partial charge in [-0.3, -0.25) is 14.2 Å². The quantitative estimate of drug-likeness (QED) is 0.670. The van der Waals surface area contributed by atoms with E-state index < -0.39 is 0 Å². The molecule has 2 aliphatic rings. The maximum atomic E-state index is 13.2. The number of para-hydroxylation sites is 1. The highest BCUT2D eigenvalue weighted by atomic mass is 16.6. The highest BCUT2D eigenvalue weighted by Crippen LogP contribution is 2.38. The van der Waals surface area contributed by atoms with Crippen molar-refractivity contribution >= 4 is 16.8 Å². The number of likely N-dealkylation sites (tertiary alicyclic amines) is 1. The average molecular weight is 405 g/mol. The number of carbonyl (C=O) groups is 1. The number of hydrogen-bond acceptors (Lipinski definition) is 5. The summed E-state index contributed by atoms with van der Waals surface area (Å²) in [4.78, 5) is 32.5. The van der Waals surface area contributed by atoms with Gasteiger partial charge in [0, 0.05) is 6.54 Å². The van der Waals surface area contributed by atoms with Crippen LogP contribution >= 0.6 is 0 Å². The lowest BCUT2D eigenvalue weighted by atomic mass is 10.0. The first-order valence-electron chi connectivity index (χ1n) is 10.3. The van der Waals surface area contributed by atoms with Gasteiger partial charge in [-0.2, -0.15) is 0 Å². The fourth-order valence-corrected chi connectivity index (χ4v) is 4.37. The zero-order valence-electron chi connectivity index (χ0n) is 16.8. The van der Waals surface area contributed by atoms with Gasteiger partial charge < -0.3 is 14.4 Å². The Labute approximate surface area is 173 Å². The van der Waals surface area contributed by atoms with Crippen LogP contribution in [0, 0.1) is 6.92 Å². The standard InChI is InChI=1S/C23H23N3O4/c1-15-24-18-6-3-2-5-17(18)23(28)26(15)14-22(27)25-10-4-7-19(25)16-8-9-20-21(13-16)30-12-11-29-20/h2-3,5-6,8-9,13,19H,4,7,10-12,14H2,1H3. The van der Waals surface area contributed by atoms with E-state index in [2.05, 4.69) is 4.98 Å². The Hall–Kier alpha value is -3.35. The molecule has 0 radical (unpaired) electrons. The summed E-state index contributed by atoms with van der Waals surface area (Å²) in [6.45, 7) is 3.51. The van der Waals surface area contributed by atoms with Crippen molar-refractivity contribution in [3.05, 3.63) is 64.2 Å². The molecular formula is C23H23N3O4. The van der Waals surface area contributed by atoms with E-state index in [1.54, 1.807) is 13.0 Å². The third kappa shape index (κ3) is 3.20. The number of aromatic nitrogens is 2. The number of carbonyl (C=O) groups excluding carboxylic acids is 1. The van der Waals surface area contributed by atoms with E-state index in [1.807, 2.05) is 41.3 Å². The highest BCUT2D eigenvalue weighted by molar-refractivity contribution is 5.79. The summed E-state index contributed by atoms with van der Waals surface area (Å²) in [7, 11) is 0. The van der Waals surface area contributed by atoms with Crippen molar-refractivity contribution in [1.29, 1.82) is 0 Å². The number of ether oxygens (including phenoxy) is 2. The van der Waals surface area contributed by atoms with Crippen molar-refractivity contribution in [2.24, 2.45) is 0 Å². The fourth-order valence-electron chi connectivity index (χ4n) is 4.37. The molecule has 0 N–H and O–H groups in total. The summed E-state index contributed by atoms with van der Waals surface area (Å²) < 4.78 is 12.8. The van der Waals surface area contributed by atoms with Gasteiger partial charge in [-0.1, -0.05) is 18.2 Å². The van der Waals surface area contributed by atoms with Gasteiger partial charge >= 0.3 is 0 Å². The van der Waals surface area contributed by atoms with Crippen LogP contribution in [0.3, 0.4) is 0 Å².